The number of ether oxygens (including phenoxy) is 3. The van der Waals surface area contributed by atoms with E-state index in [-0.39, 0.29) is 6.61 Å². The van der Waals surface area contributed by atoms with E-state index in [2.05, 4.69) is 5.32 Å². The SMILES string of the molecule is CCOc1ccccc1NC(=O)[C@H](C)OC(=O)COc1ccc(Cl)cc1. The lowest BCUT2D eigenvalue weighted by Gasteiger charge is -2.15. The minimum atomic E-state index is -0.981. The molecule has 0 spiro atoms. The van der Waals surface area contributed by atoms with E-state index >= 15 is 0 Å². The first-order chi connectivity index (χ1) is 12.5. The van der Waals surface area contributed by atoms with Crippen molar-refractivity contribution in [3.63, 3.8) is 0 Å². The monoisotopic (exact) mass is 377 g/mol. The molecule has 0 fully saturated rings. The number of amides is 1. The maximum absolute atomic E-state index is 12.2. The van der Waals surface area contributed by atoms with Crippen molar-refractivity contribution in [3.05, 3.63) is 53.6 Å². The van der Waals surface area contributed by atoms with E-state index in [1.807, 2.05) is 6.92 Å². The number of nitrogens with one attached hydrogen (secondary N) is 1. The molecule has 0 aliphatic heterocycles. The van der Waals surface area contributed by atoms with E-state index < -0.39 is 18.0 Å². The Morgan fingerprint density at radius 2 is 1.77 bits per heavy atom. The van der Waals surface area contributed by atoms with Gasteiger partial charge in [0.05, 0.1) is 12.3 Å². The number of hydrogen-bond acceptors (Lipinski definition) is 5. The molecule has 0 radical (unpaired) electrons. The van der Waals surface area contributed by atoms with E-state index in [9.17, 15) is 9.59 Å². The highest BCUT2D eigenvalue weighted by molar-refractivity contribution is 6.30. The second-order valence-electron chi connectivity index (χ2n) is 5.29. The predicted octanol–water partition coefficient (Wildman–Crippen LogP) is 3.69. The number of hydrogen-bond donors (Lipinski definition) is 1. The zero-order valence-corrected chi connectivity index (χ0v) is 15.3. The Kier molecular flexibility index (Phi) is 7.29. The second kappa shape index (κ2) is 9.68. The molecular weight excluding hydrogens is 358 g/mol. The second-order valence-corrected chi connectivity index (χ2v) is 5.73. The molecule has 6 nitrogen and oxygen atoms in total. The van der Waals surface area contributed by atoms with Crippen LogP contribution in [-0.4, -0.2) is 31.2 Å². The van der Waals surface area contributed by atoms with Crippen LogP contribution in [0.4, 0.5) is 5.69 Å². The third-order valence-electron chi connectivity index (χ3n) is 3.29. The summed E-state index contributed by atoms with van der Waals surface area (Å²) >= 11 is 5.77. The molecule has 1 atom stereocenters. The summed E-state index contributed by atoms with van der Waals surface area (Å²) < 4.78 is 15.8. The topological polar surface area (TPSA) is 73.9 Å². The Labute approximate surface area is 157 Å². The third-order valence-corrected chi connectivity index (χ3v) is 3.54. The summed E-state index contributed by atoms with van der Waals surface area (Å²) in [5.41, 5.74) is 0.514. The molecule has 2 aromatic carbocycles. The summed E-state index contributed by atoms with van der Waals surface area (Å²) in [6.45, 7) is 3.50. The molecule has 7 heteroatoms. The number of esters is 1. The van der Waals surface area contributed by atoms with Gasteiger partial charge in [-0.05, 0) is 50.2 Å². The molecule has 0 heterocycles. The van der Waals surface area contributed by atoms with Crippen LogP contribution < -0.4 is 14.8 Å². The molecule has 2 aromatic rings. The fourth-order valence-corrected chi connectivity index (χ4v) is 2.17. The standard InChI is InChI=1S/C19H20ClNO5/c1-3-24-17-7-5-4-6-16(17)21-19(23)13(2)26-18(22)12-25-15-10-8-14(20)9-11-15/h4-11,13H,3,12H2,1-2H3,(H,21,23)/t13-/m0/s1. The first-order valence-electron chi connectivity index (χ1n) is 8.10. The molecule has 0 unspecified atom stereocenters. The summed E-state index contributed by atoms with van der Waals surface area (Å²) in [6.07, 6.45) is -0.981. The van der Waals surface area contributed by atoms with Crippen LogP contribution in [0.2, 0.25) is 5.02 Å². The molecule has 0 aliphatic carbocycles. The first-order valence-corrected chi connectivity index (χ1v) is 8.48. The summed E-state index contributed by atoms with van der Waals surface area (Å²) in [4.78, 5) is 24.1. The van der Waals surface area contributed by atoms with E-state index in [0.29, 0.717) is 28.8 Å². The number of benzene rings is 2. The minimum absolute atomic E-state index is 0.311. The maximum atomic E-state index is 12.2. The summed E-state index contributed by atoms with van der Waals surface area (Å²) in [5.74, 6) is -0.0836. The van der Waals surface area contributed by atoms with Gasteiger partial charge < -0.3 is 19.5 Å². The molecule has 0 aromatic heterocycles. The van der Waals surface area contributed by atoms with Crippen molar-refractivity contribution in [2.24, 2.45) is 0 Å². The van der Waals surface area contributed by atoms with Crippen molar-refractivity contribution in [2.45, 2.75) is 20.0 Å². The lowest BCUT2D eigenvalue weighted by atomic mass is 10.2. The van der Waals surface area contributed by atoms with Gasteiger partial charge in [0.1, 0.15) is 11.5 Å². The van der Waals surface area contributed by atoms with Crippen molar-refractivity contribution >= 4 is 29.2 Å². The van der Waals surface area contributed by atoms with Crippen LogP contribution in [0.5, 0.6) is 11.5 Å². The smallest absolute Gasteiger partial charge is 0.344 e. The zero-order valence-electron chi connectivity index (χ0n) is 14.5. The third kappa shape index (κ3) is 5.97. The summed E-state index contributed by atoms with van der Waals surface area (Å²) in [5, 5.41) is 3.25. The molecular formula is C19H20ClNO5. The minimum Gasteiger partial charge on any atom is -0.492 e. The van der Waals surface area contributed by atoms with Crippen molar-refractivity contribution in [1.82, 2.24) is 0 Å². The van der Waals surface area contributed by atoms with Crippen LogP contribution in [0.15, 0.2) is 48.5 Å². The number of carbonyl (C=O) groups excluding carboxylic acids is 2. The number of carbonyl (C=O) groups is 2. The largest absolute Gasteiger partial charge is 0.492 e. The highest BCUT2D eigenvalue weighted by Crippen LogP contribution is 2.24. The van der Waals surface area contributed by atoms with Crippen LogP contribution in [0.1, 0.15) is 13.8 Å². The van der Waals surface area contributed by atoms with Crippen molar-refractivity contribution in [1.29, 1.82) is 0 Å². The Bertz CT molecular complexity index is 748. The Balaban J connectivity index is 1.84. The van der Waals surface area contributed by atoms with Gasteiger partial charge >= 0.3 is 5.97 Å². The summed E-state index contributed by atoms with van der Waals surface area (Å²) in [7, 11) is 0. The molecule has 1 amide bonds. The van der Waals surface area contributed by atoms with E-state index in [4.69, 9.17) is 25.8 Å². The zero-order chi connectivity index (χ0) is 18.9. The molecule has 0 aliphatic rings. The maximum Gasteiger partial charge on any atom is 0.344 e. The number of para-hydroxylation sites is 2. The lowest BCUT2D eigenvalue weighted by molar-refractivity contribution is -0.155. The van der Waals surface area contributed by atoms with E-state index in [0.717, 1.165) is 0 Å². The fourth-order valence-electron chi connectivity index (χ4n) is 2.04. The number of anilines is 1. The Morgan fingerprint density at radius 3 is 2.46 bits per heavy atom. The van der Waals surface area contributed by atoms with Gasteiger partial charge in [-0.25, -0.2) is 4.79 Å². The van der Waals surface area contributed by atoms with Crippen LogP contribution >= 0.6 is 11.6 Å². The van der Waals surface area contributed by atoms with Crippen molar-refractivity contribution in [2.75, 3.05) is 18.5 Å². The van der Waals surface area contributed by atoms with Gasteiger partial charge in [-0.2, -0.15) is 0 Å². The molecule has 0 saturated heterocycles. The van der Waals surface area contributed by atoms with Crippen molar-refractivity contribution in [3.8, 4) is 11.5 Å². The average Bonchev–Trinajstić information content (AvgIpc) is 2.63. The molecule has 0 saturated carbocycles. The molecule has 26 heavy (non-hydrogen) atoms. The van der Waals surface area contributed by atoms with Gasteiger partial charge in [0.2, 0.25) is 0 Å². The van der Waals surface area contributed by atoms with Gasteiger partial charge in [0.25, 0.3) is 5.91 Å². The molecule has 0 bridgehead atoms. The molecule has 2 rings (SSSR count). The van der Waals surface area contributed by atoms with Gasteiger partial charge in [0.15, 0.2) is 12.7 Å². The van der Waals surface area contributed by atoms with E-state index in [1.165, 1.54) is 6.92 Å². The van der Waals surface area contributed by atoms with Gasteiger partial charge in [0, 0.05) is 5.02 Å². The summed E-state index contributed by atoms with van der Waals surface area (Å²) in [6, 6.07) is 13.6. The highest BCUT2D eigenvalue weighted by Gasteiger charge is 2.19. The van der Waals surface area contributed by atoms with Crippen LogP contribution in [-0.2, 0) is 14.3 Å². The Hall–Kier alpha value is -2.73. The van der Waals surface area contributed by atoms with Crippen LogP contribution in [0.3, 0.4) is 0 Å². The van der Waals surface area contributed by atoms with Gasteiger partial charge in [-0.3, -0.25) is 4.79 Å². The fraction of sp³-hybridized carbons (Fsp3) is 0.263. The van der Waals surface area contributed by atoms with Gasteiger partial charge in [-0.1, -0.05) is 23.7 Å². The quantitative estimate of drug-likeness (QED) is 0.710. The van der Waals surface area contributed by atoms with Crippen LogP contribution in [0, 0.1) is 0 Å². The highest BCUT2D eigenvalue weighted by atomic mass is 35.5. The van der Waals surface area contributed by atoms with E-state index in [1.54, 1.807) is 48.5 Å². The first kappa shape index (κ1) is 19.6. The van der Waals surface area contributed by atoms with Crippen LogP contribution in [0.25, 0.3) is 0 Å². The lowest BCUT2D eigenvalue weighted by Crippen LogP contribution is -2.31. The molecule has 138 valence electrons. The van der Waals surface area contributed by atoms with Gasteiger partial charge in [-0.15, -0.1) is 0 Å². The molecule has 1 N–H and O–H groups in total. The normalized spacial score (nSPS) is 11.3. The average molecular weight is 378 g/mol. The predicted molar refractivity (Wildman–Crippen MR) is 98.7 cm³/mol. The number of halogens is 1. The Morgan fingerprint density at radius 1 is 1.08 bits per heavy atom. The van der Waals surface area contributed by atoms with Crippen molar-refractivity contribution < 1.29 is 23.8 Å². The number of rotatable bonds is 8.